The van der Waals surface area contributed by atoms with Gasteiger partial charge in [0.05, 0.1) is 19.2 Å². The first-order valence-electron chi connectivity index (χ1n) is 7.93. The van der Waals surface area contributed by atoms with Crippen LogP contribution in [0.15, 0.2) is 33.5 Å². The van der Waals surface area contributed by atoms with Crippen LogP contribution in [0.2, 0.25) is 0 Å². The van der Waals surface area contributed by atoms with Crippen molar-refractivity contribution in [3.05, 3.63) is 57.1 Å². The number of hydrogen-bond donors (Lipinski definition) is 1. The fourth-order valence-electron chi connectivity index (χ4n) is 3.12. The topological polar surface area (TPSA) is 116 Å². The van der Waals surface area contributed by atoms with Crippen molar-refractivity contribution < 1.29 is 9.15 Å². The Morgan fingerprint density at radius 1 is 1.19 bits per heavy atom. The number of nitriles is 2. The minimum Gasteiger partial charge on any atom is -0.497 e. The molecule has 3 rings (SSSR count). The smallest absolute Gasteiger partial charge is 0.249 e. The molecule has 0 amide bonds. The Morgan fingerprint density at radius 2 is 1.85 bits per heavy atom. The van der Waals surface area contributed by atoms with Gasteiger partial charge < -0.3 is 9.15 Å². The molecule has 0 aliphatic rings. The van der Waals surface area contributed by atoms with Gasteiger partial charge in [0.15, 0.2) is 5.43 Å². The summed E-state index contributed by atoms with van der Waals surface area (Å²) in [5.41, 5.74) is 1.46. The highest BCUT2D eigenvalue weighted by molar-refractivity contribution is 5.76. The molecule has 1 atom stereocenters. The predicted octanol–water partition coefficient (Wildman–Crippen LogP) is 2.94. The molecule has 1 unspecified atom stereocenters. The lowest BCUT2D eigenvalue weighted by atomic mass is 9.81. The van der Waals surface area contributed by atoms with Crippen LogP contribution in [0, 0.1) is 42.4 Å². The molecule has 7 nitrogen and oxygen atoms in total. The first-order chi connectivity index (χ1) is 12.5. The maximum absolute atomic E-state index is 13.1. The third kappa shape index (κ3) is 2.70. The fraction of sp³-hybridized carbons (Fsp3) is 0.263. The normalized spacial score (nSPS) is 11.9. The Labute approximate surface area is 149 Å². The first kappa shape index (κ1) is 17.2. The molecule has 7 heteroatoms. The number of rotatable bonds is 4. The highest BCUT2D eigenvalue weighted by atomic mass is 16.5. The van der Waals surface area contributed by atoms with E-state index < -0.39 is 11.8 Å². The van der Waals surface area contributed by atoms with E-state index in [9.17, 15) is 15.3 Å². The Balaban J connectivity index is 2.30. The minimum atomic E-state index is -1.05. The monoisotopic (exact) mass is 348 g/mol. The number of methoxy groups -OCH3 is 1. The Morgan fingerprint density at radius 3 is 2.42 bits per heavy atom. The second-order valence-electron chi connectivity index (χ2n) is 5.92. The van der Waals surface area contributed by atoms with Gasteiger partial charge in [-0.2, -0.15) is 10.5 Å². The SMILES string of the molecule is COc1ccc(C(c2c(C)oc3n[nH]c(C)c3c2=O)C(C#N)C#N)cc1. The molecule has 1 aromatic carbocycles. The number of nitrogens with one attached hydrogen (secondary N) is 1. The maximum atomic E-state index is 13.1. The largest absolute Gasteiger partial charge is 0.497 e. The quantitative estimate of drug-likeness (QED) is 0.775. The van der Waals surface area contributed by atoms with Crippen molar-refractivity contribution in [1.29, 1.82) is 10.5 Å². The molecule has 0 aliphatic carbocycles. The summed E-state index contributed by atoms with van der Waals surface area (Å²) < 4.78 is 10.9. The Hall–Kier alpha value is -3.58. The van der Waals surface area contributed by atoms with E-state index >= 15 is 0 Å². The average molecular weight is 348 g/mol. The number of fused-ring (bicyclic) bond motifs is 1. The number of benzene rings is 1. The zero-order chi connectivity index (χ0) is 18.8. The second-order valence-corrected chi connectivity index (χ2v) is 5.92. The molecule has 26 heavy (non-hydrogen) atoms. The summed E-state index contributed by atoms with van der Waals surface area (Å²) in [5, 5.41) is 26.0. The summed E-state index contributed by atoms with van der Waals surface area (Å²) in [6.45, 7) is 3.36. The third-order valence-corrected chi connectivity index (χ3v) is 4.41. The molecule has 130 valence electrons. The van der Waals surface area contributed by atoms with Crippen molar-refractivity contribution in [2.45, 2.75) is 19.8 Å². The highest BCUT2D eigenvalue weighted by Crippen LogP contribution is 2.34. The van der Waals surface area contributed by atoms with Crippen LogP contribution in [-0.4, -0.2) is 17.3 Å². The van der Waals surface area contributed by atoms with Crippen molar-refractivity contribution in [3.8, 4) is 17.9 Å². The van der Waals surface area contributed by atoms with Crippen LogP contribution >= 0.6 is 0 Å². The lowest BCUT2D eigenvalue weighted by Crippen LogP contribution is -2.22. The van der Waals surface area contributed by atoms with Crippen LogP contribution in [0.3, 0.4) is 0 Å². The predicted molar refractivity (Wildman–Crippen MR) is 93.7 cm³/mol. The summed E-state index contributed by atoms with van der Waals surface area (Å²) in [6, 6.07) is 10.9. The molecule has 1 N–H and O–H groups in total. The van der Waals surface area contributed by atoms with E-state index in [2.05, 4.69) is 10.2 Å². The molecule has 2 aromatic heterocycles. The molecular formula is C19H16N4O3. The van der Waals surface area contributed by atoms with E-state index in [-0.39, 0.29) is 11.1 Å². The molecule has 0 saturated heterocycles. The summed E-state index contributed by atoms with van der Waals surface area (Å²) in [5.74, 6) is -0.811. The lowest BCUT2D eigenvalue weighted by molar-refractivity contribution is 0.414. The molecule has 0 bridgehead atoms. The summed E-state index contributed by atoms with van der Waals surface area (Å²) in [7, 11) is 1.55. The van der Waals surface area contributed by atoms with Crippen molar-refractivity contribution in [3.63, 3.8) is 0 Å². The van der Waals surface area contributed by atoms with Gasteiger partial charge in [0, 0.05) is 17.2 Å². The Bertz CT molecular complexity index is 1080. The fourth-order valence-corrected chi connectivity index (χ4v) is 3.12. The number of aromatic amines is 1. The van der Waals surface area contributed by atoms with Gasteiger partial charge in [0.1, 0.15) is 22.8 Å². The number of aryl methyl sites for hydroxylation is 2. The number of aromatic nitrogens is 2. The summed E-state index contributed by atoms with van der Waals surface area (Å²) in [4.78, 5) is 13.1. The van der Waals surface area contributed by atoms with Crippen LogP contribution in [0.25, 0.3) is 11.1 Å². The third-order valence-electron chi connectivity index (χ3n) is 4.41. The van der Waals surface area contributed by atoms with Crippen molar-refractivity contribution in [1.82, 2.24) is 10.2 Å². The van der Waals surface area contributed by atoms with Crippen molar-refractivity contribution in [2.75, 3.05) is 7.11 Å². The average Bonchev–Trinajstić information content (AvgIpc) is 3.02. The van der Waals surface area contributed by atoms with E-state index in [0.717, 1.165) is 0 Å². The van der Waals surface area contributed by atoms with E-state index in [0.29, 0.717) is 33.7 Å². The zero-order valence-corrected chi connectivity index (χ0v) is 14.5. The van der Waals surface area contributed by atoms with E-state index in [1.165, 1.54) is 0 Å². The van der Waals surface area contributed by atoms with E-state index in [4.69, 9.17) is 9.15 Å². The molecule has 0 aliphatic heterocycles. The van der Waals surface area contributed by atoms with Gasteiger partial charge in [-0.3, -0.25) is 9.89 Å². The number of ether oxygens (including phenoxy) is 1. The molecule has 0 fully saturated rings. The molecule has 2 heterocycles. The lowest BCUT2D eigenvalue weighted by Gasteiger charge is -2.19. The molecular weight excluding hydrogens is 332 g/mol. The van der Waals surface area contributed by atoms with Gasteiger partial charge in [0.25, 0.3) is 0 Å². The van der Waals surface area contributed by atoms with Crippen LogP contribution in [0.4, 0.5) is 0 Å². The molecule has 0 radical (unpaired) electrons. The zero-order valence-electron chi connectivity index (χ0n) is 14.5. The summed E-state index contributed by atoms with van der Waals surface area (Å²) >= 11 is 0. The van der Waals surface area contributed by atoms with Gasteiger partial charge in [-0.25, -0.2) is 0 Å². The summed E-state index contributed by atoms with van der Waals surface area (Å²) in [6.07, 6.45) is 0. The molecule has 0 saturated carbocycles. The standard InChI is InChI=1S/C19H16N4O3/c1-10-15-18(24)16(11(2)26-19(15)23-22-10)17(13(8-20)9-21)12-4-6-14(25-3)7-5-12/h4-7,13,17H,1-3H3,(H,22,23). The van der Waals surface area contributed by atoms with Crippen LogP contribution in [0.1, 0.15) is 28.5 Å². The van der Waals surface area contributed by atoms with Crippen molar-refractivity contribution in [2.24, 2.45) is 5.92 Å². The van der Waals surface area contributed by atoms with Crippen LogP contribution < -0.4 is 10.2 Å². The number of nitrogens with zero attached hydrogens (tertiary/aromatic N) is 3. The van der Waals surface area contributed by atoms with Crippen LogP contribution in [0.5, 0.6) is 5.75 Å². The van der Waals surface area contributed by atoms with Crippen LogP contribution in [-0.2, 0) is 0 Å². The highest BCUT2D eigenvalue weighted by Gasteiger charge is 2.31. The second kappa shape index (κ2) is 6.73. The van der Waals surface area contributed by atoms with Gasteiger partial charge in [0.2, 0.25) is 5.71 Å². The number of hydrogen-bond acceptors (Lipinski definition) is 6. The first-order valence-corrected chi connectivity index (χ1v) is 7.93. The van der Waals surface area contributed by atoms with Gasteiger partial charge >= 0.3 is 0 Å². The van der Waals surface area contributed by atoms with E-state index in [1.807, 2.05) is 12.1 Å². The Kier molecular flexibility index (Phi) is 4.47. The van der Waals surface area contributed by atoms with Gasteiger partial charge in [-0.05, 0) is 31.5 Å². The van der Waals surface area contributed by atoms with Gasteiger partial charge in [-0.1, -0.05) is 12.1 Å². The minimum absolute atomic E-state index is 0.215. The number of H-pyrrole nitrogens is 1. The van der Waals surface area contributed by atoms with Crippen molar-refractivity contribution >= 4 is 11.1 Å². The van der Waals surface area contributed by atoms with E-state index in [1.54, 1.807) is 45.2 Å². The van der Waals surface area contributed by atoms with Gasteiger partial charge in [-0.15, -0.1) is 5.10 Å². The molecule has 0 spiro atoms. The molecule has 3 aromatic rings. The maximum Gasteiger partial charge on any atom is 0.249 e.